The lowest BCUT2D eigenvalue weighted by Gasteiger charge is -2.19. The largest absolute Gasteiger partial charge is 0.494 e. The number of benzene rings is 3. The van der Waals surface area contributed by atoms with Gasteiger partial charge in [0, 0.05) is 16.5 Å². The maximum Gasteiger partial charge on any atom is 0.337 e. The minimum atomic E-state index is -1.53. The van der Waals surface area contributed by atoms with Gasteiger partial charge in [-0.15, -0.1) is 0 Å². The molecule has 8 nitrogen and oxygen atoms in total. The summed E-state index contributed by atoms with van der Waals surface area (Å²) in [6, 6.07) is 20.9. The van der Waals surface area contributed by atoms with E-state index < -0.39 is 17.5 Å². The highest BCUT2D eigenvalue weighted by Crippen LogP contribution is 2.32. The number of nitrogens with two attached hydrogens (primary N) is 1. The van der Waals surface area contributed by atoms with Crippen LogP contribution in [-0.2, 0) is 15.1 Å². The van der Waals surface area contributed by atoms with Crippen LogP contribution < -0.4 is 5.73 Å². The molecule has 1 unspecified atom stereocenters. The minimum absolute atomic E-state index is 0.100. The molecule has 0 aliphatic rings. The Bertz CT molecular complexity index is 1400. The van der Waals surface area contributed by atoms with Gasteiger partial charge in [0.15, 0.2) is 5.88 Å². The number of fused-ring (bicyclic) bond motifs is 1. The second-order valence-electron chi connectivity index (χ2n) is 7.98. The monoisotopic (exact) mass is 457 g/mol. The molecule has 0 aliphatic heterocycles. The van der Waals surface area contributed by atoms with Crippen molar-refractivity contribution in [3.63, 3.8) is 0 Å². The van der Waals surface area contributed by atoms with Gasteiger partial charge >= 0.3 is 11.9 Å². The van der Waals surface area contributed by atoms with Gasteiger partial charge in [-0.2, -0.15) is 0 Å². The summed E-state index contributed by atoms with van der Waals surface area (Å²) in [5, 5.41) is 20.9. The van der Waals surface area contributed by atoms with E-state index in [-0.39, 0.29) is 5.88 Å². The number of carbonyl (C=O) groups is 2. The number of H-pyrrole nitrogens is 1. The number of hydrogen-bond acceptors (Lipinski definition) is 6. The molecule has 1 atom stereocenters. The molecule has 0 saturated carbocycles. The number of aromatic amines is 1. The van der Waals surface area contributed by atoms with E-state index >= 15 is 0 Å². The Morgan fingerprint density at radius 1 is 1.00 bits per heavy atom. The molecule has 0 amide bonds. The summed E-state index contributed by atoms with van der Waals surface area (Å²) in [7, 11) is 1.30. The number of aliphatic carboxylic acids is 1. The summed E-state index contributed by atoms with van der Waals surface area (Å²) in [4.78, 5) is 31.1. The van der Waals surface area contributed by atoms with Gasteiger partial charge in [-0.05, 0) is 36.8 Å². The molecular formula is C26H23N3O5. The van der Waals surface area contributed by atoms with Crippen molar-refractivity contribution in [2.75, 3.05) is 7.11 Å². The molecule has 1 aromatic heterocycles. The normalized spacial score (nSPS) is 13.4. The van der Waals surface area contributed by atoms with Gasteiger partial charge in [0.2, 0.25) is 0 Å². The van der Waals surface area contributed by atoms with Crippen LogP contribution in [0, 0.1) is 0 Å². The van der Waals surface area contributed by atoms with Gasteiger partial charge in [0.1, 0.15) is 5.54 Å². The summed E-state index contributed by atoms with van der Waals surface area (Å²) in [6.07, 6.45) is 0. The summed E-state index contributed by atoms with van der Waals surface area (Å²) in [5.74, 6) is -1.72. The smallest absolute Gasteiger partial charge is 0.337 e. The summed E-state index contributed by atoms with van der Waals surface area (Å²) >= 11 is 0. The molecule has 4 rings (SSSR count). The van der Waals surface area contributed by atoms with Crippen molar-refractivity contribution in [2.45, 2.75) is 12.5 Å². The minimum Gasteiger partial charge on any atom is -0.494 e. The number of aromatic hydroxyl groups is 1. The molecule has 8 heteroatoms. The first-order valence-corrected chi connectivity index (χ1v) is 10.4. The number of methoxy groups -OCH3 is 1. The van der Waals surface area contributed by atoms with Crippen LogP contribution in [-0.4, -0.2) is 40.0 Å². The van der Waals surface area contributed by atoms with E-state index in [0.29, 0.717) is 39.0 Å². The fourth-order valence-corrected chi connectivity index (χ4v) is 3.66. The van der Waals surface area contributed by atoms with E-state index in [1.54, 1.807) is 42.5 Å². The number of nitrogens with one attached hydrogen (secondary N) is 1. The standard InChI is InChI=1S/C26H23N3O5/c1-26(27,25(32)33)17-9-11-18(12-10-17)28-22(15-6-4-3-5-7-15)21-19-13-8-16(24(31)34-2)14-20(19)29-23(21)30/h3-14,29-30H,27H2,1-2H3,(H,32,33). The van der Waals surface area contributed by atoms with Crippen molar-refractivity contribution in [3.8, 4) is 5.88 Å². The van der Waals surface area contributed by atoms with Crippen LogP contribution in [0.4, 0.5) is 5.69 Å². The quantitative estimate of drug-likeness (QED) is 0.254. The lowest BCUT2D eigenvalue weighted by atomic mass is 9.93. The van der Waals surface area contributed by atoms with E-state index in [4.69, 9.17) is 15.5 Å². The Morgan fingerprint density at radius 2 is 1.68 bits per heavy atom. The average molecular weight is 457 g/mol. The van der Waals surface area contributed by atoms with Gasteiger partial charge in [-0.3, -0.25) is 0 Å². The van der Waals surface area contributed by atoms with Crippen LogP contribution in [0.1, 0.15) is 34.0 Å². The molecule has 0 radical (unpaired) electrons. The maximum absolute atomic E-state index is 11.9. The predicted octanol–water partition coefficient (Wildman–Crippen LogP) is 4.09. The van der Waals surface area contributed by atoms with Gasteiger partial charge in [0.05, 0.1) is 29.6 Å². The SMILES string of the molecule is COC(=O)c1ccc2c(C(=Nc3ccc(C(C)(N)C(=O)O)cc3)c3ccccc3)c(O)[nH]c2c1. The Hall–Kier alpha value is -4.43. The predicted molar refractivity (Wildman–Crippen MR) is 129 cm³/mol. The topological polar surface area (TPSA) is 138 Å². The molecule has 0 fully saturated rings. The van der Waals surface area contributed by atoms with Crippen molar-refractivity contribution >= 4 is 34.2 Å². The Morgan fingerprint density at radius 3 is 2.29 bits per heavy atom. The van der Waals surface area contributed by atoms with Crippen LogP contribution in [0.2, 0.25) is 0 Å². The van der Waals surface area contributed by atoms with E-state index in [0.717, 1.165) is 5.56 Å². The van der Waals surface area contributed by atoms with Crippen LogP contribution in [0.3, 0.4) is 0 Å². The fraction of sp³-hybridized carbons (Fsp3) is 0.115. The fourth-order valence-electron chi connectivity index (χ4n) is 3.66. The molecule has 34 heavy (non-hydrogen) atoms. The Kier molecular flexibility index (Phi) is 5.91. The van der Waals surface area contributed by atoms with Gasteiger partial charge in [-0.25, -0.2) is 14.6 Å². The third kappa shape index (κ3) is 4.14. The molecule has 0 spiro atoms. The third-order valence-corrected chi connectivity index (χ3v) is 5.64. The highest BCUT2D eigenvalue weighted by atomic mass is 16.5. The first kappa shape index (κ1) is 22.8. The van der Waals surface area contributed by atoms with Crippen LogP contribution >= 0.6 is 0 Å². The first-order valence-electron chi connectivity index (χ1n) is 10.4. The van der Waals surface area contributed by atoms with Crippen molar-refractivity contribution in [2.24, 2.45) is 10.7 Å². The van der Waals surface area contributed by atoms with E-state index in [1.807, 2.05) is 30.3 Å². The molecule has 5 N–H and O–H groups in total. The zero-order chi connectivity index (χ0) is 24.5. The molecule has 172 valence electrons. The van der Waals surface area contributed by atoms with Crippen molar-refractivity contribution < 1.29 is 24.5 Å². The van der Waals surface area contributed by atoms with Gasteiger partial charge in [-0.1, -0.05) is 48.5 Å². The zero-order valence-electron chi connectivity index (χ0n) is 18.6. The van der Waals surface area contributed by atoms with E-state index in [2.05, 4.69) is 4.98 Å². The van der Waals surface area contributed by atoms with Crippen LogP contribution in [0.25, 0.3) is 10.9 Å². The number of esters is 1. The first-order chi connectivity index (χ1) is 16.2. The van der Waals surface area contributed by atoms with Crippen molar-refractivity contribution in [3.05, 3.63) is 95.1 Å². The zero-order valence-corrected chi connectivity index (χ0v) is 18.6. The Labute approximate surface area is 195 Å². The number of carbonyl (C=O) groups excluding carboxylic acids is 1. The number of carboxylic acid groups (broad SMARTS) is 1. The van der Waals surface area contributed by atoms with Crippen LogP contribution in [0.5, 0.6) is 5.88 Å². The Balaban J connectivity index is 1.86. The highest BCUT2D eigenvalue weighted by Gasteiger charge is 2.30. The summed E-state index contributed by atoms with van der Waals surface area (Å²) in [5.41, 5.74) is 7.99. The molecule has 0 bridgehead atoms. The number of ether oxygens (including phenoxy) is 1. The van der Waals surface area contributed by atoms with E-state index in [1.165, 1.54) is 14.0 Å². The van der Waals surface area contributed by atoms with Crippen molar-refractivity contribution in [1.29, 1.82) is 0 Å². The average Bonchev–Trinajstić information content (AvgIpc) is 3.17. The molecule has 0 aliphatic carbocycles. The summed E-state index contributed by atoms with van der Waals surface area (Å²) < 4.78 is 4.78. The number of hydrogen-bond donors (Lipinski definition) is 4. The highest BCUT2D eigenvalue weighted by molar-refractivity contribution is 6.22. The number of rotatable bonds is 6. The maximum atomic E-state index is 11.9. The lowest BCUT2D eigenvalue weighted by Crippen LogP contribution is -2.41. The van der Waals surface area contributed by atoms with Crippen LogP contribution in [0.15, 0.2) is 77.8 Å². The third-order valence-electron chi connectivity index (χ3n) is 5.64. The second-order valence-corrected chi connectivity index (χ2v) is 7.98. The number of aromatic nitrogens is 1. The molecular weight excluding hydrogens is 434 g/mol. The van der Waals surface area contributed by atoms with Gasteiger partial charge < -0.3 is 25.7 Å². The molecule has 0 saturated heterocycles. The molecule has 3 aromatic carbocycles. The van der Waals surface area contributed by atoms with Gasteiger partial charge in [0.25, 0.3) is 0 Å². The lowest BCUT2D eigenvalue weighted by molar-refractivity contribution is -0.143. The number of carboxylic acids is 1. The van der Waals surface area contributed by atoms with Crippen molar-refractivity contribution in [1.82, 2.24) is 4.98 Å². The summed E-state index contributed by atoms with van der Waals surface area (Å²) in [6.45, 7) is 1.43. The molecule has 4 aromatic rings. The number of nitrogens with zero attached hydrogens (tertiary/aromatic N) is 1. The second kappa shape index (κ2) is 8.84. The molecule has 1 heterocycles. The number of aliphatic imine (C=N–C) groups is 1. The van der Waals surface area contributed by atoms with E-state index in [9.17, 15) is 19.8 Å².